The molecule has 104 valence electrons. The molecule has 1 saturated carbocycles. The van der Waals surface area contributed by atoms with Gasteiger partial charge in [-0.1, -0.05) is 19.8 Å². The molecule has 0 aromatic rings. The second-order valence-electron chi connectivity index (χ2n) is 6.97. The standard InChI is InChI=1S/C15H27NO2/c1-13-5-4-6-15(9-13,11-17)10-16-7-8-18-12-14(16,2)3/h11,13H,4-10,12H2,1-3H3. The lowest BCUT2D eigenvalue weighted by atomic mass is 9.70. The van der Waals surface area contributed by atoms with E-state index in [1.54, 1.807) is 0 Å². The number of carbonyl (C=O) groups is 1. The lowest BCUT2D eigenvalue weighted by Gasteiger charge is -2.47. The predicted molar refractivity (Wildman–Crippen MR) is 72.6 cm³/mol. The lowest BCUT2D eigenvalue weighted by molar-refractivity contribution is -0.125. The van der Waals surface area contributed by atoms with Crippen LogP contribution in [0, 0.1) is 11.3 Å². The minimum atomic E-state index is -0.105. The van der Waals surface area contributed by atoms with Crippen LogP contribution in [0.2, 0.25) is 0 Å². The number of aldehydes is 1. The summed E-state index contributed by atoms with van der Waals surface area (Å²) in [6.07, 6.45) is 5.85. The third kappa shape index (κ3) is 2.94. The highest BCUT2D eigenvalue weighted by atomic mass is 16.5. The number of nitrogens with zero attached hydrogens (tertiary/aromatic N) is 1. The van der Waals surface area contributed by atoms with Crippen molar-refractivity contribution in [2.45, 2.75) is 52.0 Å². The zero-order valence-corrected chi connectivity index (χ0v) is 12.1. The van der Waals surface area contributed by atoms with Gasteiger partial charge in [0.25, 0.3) is 0 Å². The normalized spacial score (nSPS) is 37.4. The number of rotatable bonds is 3. The van der Waals surface area contributed by atoms with Gasteiger partial charge < -0.3 is 9.53 Å². The SMILES string of the molecule is CC1CCCC(C=O)(CN2CCOCC2(C)C)C1. The van der Waals surface area contributed by atoms with E-state index in [2.05, 4.69) is 25.7 Å². The maximum atomic E-state index is 11.7. The van der Waals surface area contributed by atoms with E-state index in [9.17, 15) is 4.79 Å². The Labute approximate surface area is 111 Å². The minimum absolute atomic E-state index is 0.0644. The smallest absolute Gasteiger partial charge is 0.127 e. The molecule has 1 heterocycles. The summed E-state index contributed by atoms with van der Waals surface area (Å²) >= 11 is 0. The van der Waals surface area contributed by atoms with Crippen molar-refractivity contribution in [1.29, 1.82) is 0 Å². The highest BCUT2D eigenvalue weighted by Gasteiger charge is 2.40. The first kappa shape index (κ1) is 14.0. The van der Waals surface area contributed by atoms with Gasteiger partial charge in [0.15, 0.2) is 0 Å². The molecule has 3 nitrogen and oxygen atoms in total. The highest BCUT2D eigenvalue weighted by molar-refractivity contribution is 5.60. The Morgan fingerprint density at radius 3 is 2.83 bits per heavy atom. The summed E-state index contributed by atoms with van der Waals surface area (Å²) in [6.45, 7) is 10.2. The largest absolute Gasteiger partial charge is 0.378 e. The summed E-state index contributed by atoms with van der Waals surface area (Å²) in [5.74, 6) is 0.688. The summed E-state index contributed by atoms with van der Waals surface area (Å²) in [5.41, 5.74) is -0.0405. The summed E-state index contributed by atoms with van der Waals surface area (Å²) in [4.78, 5) is 14.1. The molecule has 2 aliphatic rings. The van der Waals surface area contributed by atoms with Crippen LogP contribution in [0.25, 0.3) is 0 Å². The third-order valence-corrected chi connectivity index (χ3v) is 4.70. The Kier molecular flexibility index (Phi) is 4.12. The van der Waals surface area contributed by atoms with Crippen molar-refractivity contribution in [2.75, 3.05) is 26.3 Å². The maximum Gasteiger partial charge on any atom is 0.127 e. The van der Waals surface area contributed by atoms with Gasteiger partial charge >= 0.3 is 0 Å². The summed E-state index contributed by atoms with van der Waals surface area (Å²) < 4.78 is 5.56. The Morgan fingerprint density at radius 1 is 1.44 bits per heavy atom. The van der Waals surface area contributed by atoms with Gasteiger partial charge in [0.05, 0.1) is 13.2 Å². The molecular formula is C15H27NO2. The second kappa shape index (κ2) is 5.30. The first-order valence-corrected chi connectivity index (χ1v) is 7.27. The molecule has 2 atom stereocenters. The van der Waals surface area contributed by atoms with Crippen LogP contribution in [0.3, 0.4) is 0 Å². The fraction of sp³-hybridized carbons (Fsp3) is 0.933. The average Bonchev–Trinajstić information content (AvgIpc) is 2.32. The van der Waals surface area contributed by atoms with Crippen molar-refractivity contribution in [1.82, 2.24) is 4.90 Å². The van der Waals surface area contributed by atoms with Crippen LogP contribution >= 0.6 is 0 Å². The van der Waals surface area contributed by atoms with E-state index < -0.39 is 0 Å². The Balaban J connectivity index is 2.07. The van der Waals surface area contributed by atoms with Crippen molar-refractivity contribution in [3.63, 3.8) is 0 Å². The molecular weight excluding hydrogens is 226 g/mol. The Morgan fingerprint density at radius 2 is 2.22 bits per heavy atom. The molecule has 1 aliphatic carbocycles. The van der Waals surface area contributed by atoms with Crippen molar-refractivity contribution < 1.29 is 9.53 Å². The van der Waals surface area contributed by atoms with E-state index >= 15 is 0 Å². The fourth-order valence-corrected chi connectivity index (χ4v) is 3.55. The molecule has 0 radical (unpaired) electrons. The van der Waals surface area contributed by atoms with Gasteiger partial charge in [-0.15, -0.1) is 0 Å². The molecule has 0 bridgehead atoms. The quantitative estimate of drug-likeness (QED) is 0.724. The van der Waals surface area contributed by atoms with E-state index in [1.165, 1.54) is 19.1 Å². The van der Waals surface area contributed by atoms with Gasteiger partial charge in [-0.3, -0.25) is 4.90 Å². The maximum absolute atomic E-state index is 11.7. The molecule has 3 heteroatoms. The monoisotopic (exact) mass is 253 g/mol. The molecule has 18 heavy (non-hydrogen) atoms. The number of hydrogen-bond acceptors (Lipinski definition) is 3. The molecule has 0 aromatic carbocycles. The van der Waals surface area contributed by atoms with Crippen LogP contribution in [-0.4, -0.2) is 43.0 Å². The molecule has 0 amide bonds. The molecule has 2 unspecified atom stereocenters. The zero-order valence-electron chi connectivity index (χ0n) is 12.1. The van der Waals surface area contributed by atoms with Crippen LogP contribution in [0.5, 0.6) is 0 Å². The Bertz CT molecular complexity index is 303. The van der Waals surface area contributed by atoms with E-state index in [0.717, 1.165) is 39.1 Å². The van der Waals surface area contributed by atoms with Crippen LogP contribution in [0.1, 0.15) is 46.5 Å². The highest BCUT2D eigenvalue weighted by Crippen LogP contribution is 2.39. The molecule has 2 rings (SSSR count). The molecule has 0 aromatic heterocycles. The van der Waals surface area contributed by atoms with E-state index in [-0.39, 0.29) is 11.0 Å². The van der Waals surface area contributed by atoms with Gasteiger partial charge in [-0.2, -0.15) is 0 Å². The molecule has 1 aliphatic heterocycles. The predicted octanol–water partition coefficient (Wildman–Crippen LogP) is 2.49. The van der Waals surface area contributed by atoms with Crippen molar-refractivity contribution in [3.8, 4) is 0 Å². The van der Waals surface area contributed by atoms with Gasteiger partial charge in [0.1, 0.15) is 6.29 Å². The van der Waals surface area contributed by atoms with Crippen LogP contribution in [-0.2, 0) is 9.53 Å². The van der Waals surface area contributed by atoms with Crippen LogP contribution in [0.15, 0.2) is 0 Å². The Hall–Kier alpha value is -0.410. The molecule has 2 fully saturated rings. The number of hydrogen-bond donors (Lipinski definition) is 0. The van der Waals surface area contributed by atoms with Crippen molar-refractivity contribution in [3.05, 3.63) is 0 Å². The number of morpholine rings is 1. The first-order chi connectivity index (χ1) is 8.47. The third-order valence-electron chi connectivity index (χ3n) is 4.70. The van der Waals surface area contributed by atoms with Gasteiger partial charge in [0.2, 0.25) is 0 Å². The topological polar surface area (TPSA) is 29.5 Å². The van der Waals surface area contributed by atoms with Gasteiger partial charge in [-0.05, 0) is 32.6 Å². The number of ether oxygens (including phenoxy) is 1. The second-order valence-corrected chi connectivity index (χ2v) is 6.97. The lowest BCUT2D eigenvalue weighted by Crippen LogP contribution is -2.57. The first-order valence-electron chi connectivity index (χ1n) is 7.27. The van der Waals surface area contributed by atoms with Crippen molar-refractivity contribution >= 4 is 6.29 Å². The van der Waals surface area contributed by atoms with E-state index in [1.807, 2.05) is 0 Å². The van der Waals surface area contributed by atoms with E-state index in [4.69, 9.17) is 4.74 Å². The van der Waals surface area contributed by atoms with Gasteiger partial charge in [-0.25, -0.2) is 0 Å². The zero-order chi connectivity index (χ0) is 13.2. The van der Waals surface area contributed by atoms with E-state index in [0.29, 0.717) is 5.92 Å². The van der Waals surface area contributed by atoms with Crippen LogP contribution in [0.4, 0.5) is 0 Å². The fourth-order valence-electron chi connectivity index (χ4n) is 3.55. The average molecular weight is 253 g/mol. The molecule has 1 saturated heterocycles. The minimum Gasteiger partial charge on any atom is -0.378 e. The number of carbonyl (C=O) groups excluding carboxylic acids is 1. The molecule has 0 spiro atoms. The van der Waals surface area contributed by atoms with Crippen molar-refractivity contribution in [2.24, 2.45) is 11.3 Å². The summed E-state index contributed by atoms with van der Waals surface area (Å²) in [6, 6.07) is 0. The van der Waals surface area contributed by atoms with Crippen LogP contribution < -0.4 is 0 Å². The van der Waals surface area contributed by atoms with Gasteiger partial charge in [0, 0.05) is 24.0 Å². The molecule has 0 N–H and O–H groups in total. The summed E-state index contributed by atoms with van der Waals surface area (Å²) in [5, 5.41) is 0. The summed E-state index contributed by atoms with van der Waals surface area (Å²) in [7, 11) is 0.